The average Bonchev–Trinajstić information content (AvgIpc) is 2.30. The van der Waals surface area contributed by atoms with Crippen LogP contribution in [0.25, 0.3) is 0 Å². The van der Waals surface area contributed by atoms with Crippen molar-refractivity contribution in [1.29, 1.82) is 0 Å². The lowest BCUT2D eigenvalue weighted by Gasteiger charge is -2.37. The zero-order valence-electron chi connectivity index (χ0n) is 11.1. The monoisotopic (exact) mass is 227 g/mol. The molecule has 16 heavy (non-hydrogen) atoms. The molecule has 0 saturated heterocycles. The first-order valence-electron chi connectivity index (χ1n) is 7.07. The lowest BCUT2D eigenvalue weighted by molar-refractivity contribution is 0.0971. The molecule has 2 N–H and O–H groups in total. The molecule has 0 aliphatic heterocycles. The van der Waals surface area contributed by atoms with Crippen LogP contribution in [0.15, 0.2) is 0 Å². The minimum absolute atomic E-state index is 0.0812. The Morgan fingerprint density at radius 2 is 1.88 bits per heavy atom. The molecular formula is C14H29NO. The Hall–Kier alpha value is -0.0800. The first-order valence-corrected chi connectivity index (χ1v) is 7.07. The molecule has 0 radical (unpaired) electrons. The molecule has 2 nitrogen and oxygen atoms in total. The van der Waals surface area contributed by atoms with E-state index in [9.17, 15) is 0 Å². The van der Waals surface area contributed by atoms with E-state index in [0.29, 0.717) is 0 Å². The molecule has 0 aromatic heterocycles. The lowest BCUT2D eigenvalue weighted by Crippen LogP contribution is -2.44. The van der Waals surface area contributed by atoms with E-state index in [1.165, 1.54) is 44.9 Å². The van der Waals surface area contributed by atoms with E-state index in [4.69, 9.17) is 10.5 Å². The van der Waals surface area contributed by atoms with E-state index in [2.05, 4.69) is 13.8 Å². The van der Waals surface area contributed by atoms with Crippen LogP contribution in [0.5, 0.6) is 0 Å². The van der Waals surface area contributed by atoms with Gasteiger partial charge in [0.25, 0.3) is 0 Å². The third kappa shape index (κ3) is 4.84. The lowest BCUT2D eigenvalue weighted by atomic mass is 9.75. The third-order valence-corrected chi connectivity index (χ3v) is 4.06. The van der Waals surface area contributed by atoms with Crippen LogP contribution >= 0.6 is 0 Å². The van der Waals surface area contributed by atoms with Crippen LogP contribution in [-0.2, 0) is 4.74 Å². The molecule has 0 spiro atoms. The summed E-state index contributed by atoms with van der Waals surface area (Å²) in [4.78, 5) is 0. The van der Waals surface area contributed by atoms with Gasteiger partial charge in [-0.3, -0.25) is 0 Å². The third-order valence-electron chi connectivity index (χ3n) is 4.06. The second-order valence-corrected chi connectivity index (χ2v) is 5.43. The van der Waals surface area contributed by atoms with Gasteiger partial charge in [-0.1, -0.05) is 26.7 Å². The van der Waals surface area contributed by atoms with E-state index >= 15 is 0 Å². The van der Waals surface area contributed by atoms with E-state index in [-0.39, 0.29) is 5.54 Å². The van der Waals surface area contributed by atoms with Crippen LogP contribution < -0.4 is 5.73 Å². The highest BCUT2D eigenvalue weighted by Gasteiger charge is 2.30. The van der Waals surface area contributed by atoms with Gasteiger partial charge in [0.1, 0.15) is 0 Å². The second-order valence-electron chi connectivity index (χ2n) is 5.43. The molecule has 0 unspecified atom stereocenters. The van der Waals surface area contributed by atoms with Gasteiger partial charge in [0.2, 0.25) is 0 Å². The first-order chi connectivity index (χ1) is 7.70. The summed E-state index contributed by atoms with van der Waals surface area (Å²) in [6.45, 7) is 6.25. The van der Waals surface area contributed by atoms with Gasteiger partial charge in [0.05, 0.1) is 0 Å². The predicted octanol–water partition coefficient (Wildman–Crippen LogP) is 3.49. The van der Waals surface area contributed by atoms with Gasteiger partial charge in [0.15, 0.2) is 0 Å². The molecule has 1 saturated carbocycles. The summed E-state index contributed by atoms with van der Waals surface area (Å²) in [6, 6.07) is 0. The second kappa shape index (κ2) is 7.29. The first kappa shape index (κ1) is 14.0. The summed E-state index contributed by atoms with van der Waals surface area (Å²) >= 11 is 0. The van der Waals surface area contributed by atoms with Gasteiger partial charge < -0.3 is 10.5 Å². The van der Waals surface area contributed by atoms with Gasteiger partial charge in [-0.15, -0.1) is 0 Å². The van der Waals surface area contributed by atoms with Gasteiger partial charge in [-0.25, -0.2) is 0 Å². The van der Waals surface area contributed by atoms with Gasteiger partial charge in [-0.2, -0.15) is 0 Å². The number of hydrogen-bond donors (Lipinski definition) is 1. The Kier molecular flexibility index (Phi) is 6.37. The normalized spacial score (nSPS) is 30.6. The summed E-state index contributed by atoms with van der Waals surface area (Å²) in [6.07, 6.45) is 9.80. The minimum atomic E-state index is 0.0812. The van der Waals surface area contributed by atoms with Crippen molar-refractivity contribution in [3.05, 3.63) is 0 Å². The van der Waals surface area contributed by atoms with Crippen molar-refractivity contribution in [3.8, 4) is 0 Å². The highest BCUT2D eigenvalue weighted by atomic mass is 16.5. The largest absolute Gasteiger partial charge is 0.381 e. The molecule has 1 aliphatic rings. The Labute approximate surface area is 101 Å². The molecule has 1 fully saturated rings. The molecule has 0 amide bonds. The zero-order chi connectivity index (χ0) is 11.9. The molecule has 1 aliphatic carbocycles. The van der Waals surface area contributed by atoms with Gasteiger partial charge in [0, 0.05) is 18.8 Å². The van der Waals surface area contributed by atoms with Crippen LogP contribution in [-0.4, -0.2) is 18.8 Å². The summed E-state index contributed by atoms with van der Waals surface area (Å²) in [5.74, 6) is 0.928. The Bertz CT molecular complexity index is 174. The maximum absolute atomic E-state index is 6.41. The molecule has 1 rings (SSSR count). The van der Waals surface area contributed by atoms with E-state index in [1.807, 2.05) is 0 Å². The fourth-order valence-electron chi connectivity index (χ4n) is 2.53. The molecule has 0 heterocycles. The van der Waals surface area contributed by atoms with Crippen molar-refractivity contribution >= 4 is 0 Å². The molecule has 0 aromatic carbocycles. The van der Waals surface area contributed by atoms with Crippen molar-refractivity contribution in [2.24, 2.45) is 11.7 Å². The van der Waals surface area contributed by atoms with Crippen LogP contribution in [0.4, 0.5) is 0 Å². The Morgan fingerprint density at radius 1 is 1.19 bits per heavy atom. The molecule has 0 bridgehead atoms. The zero-order valence-corrected chi connectivity index (χ0v) is 11.1. The molecule has 2 heteroatoms. The SMILES string of the molecule is CCCCOCCC1(N)CCC(CC)CC1. The molecular weight excluding hydrogens is 198 g/mol. The van der Waals surface area contributed by atoms with Crippen LogP contribution in [0.3, 0.4) is 0 Å². The van der Waals surface area contributed by atoms with Crippen molar-refractivity contribution in [2.75, 3.05) is 13.2 Å². The topological polar surface area (TPSA) is 35.2 Å². The molecule has 96 valence electrons. The highest BCUT2D eigenvalue weighted by Crippen LogP contribution is 2.33. The minimum Gasteiger partial charge on any atom is -0.381 e. The average molecular weight is 227 g/mol. The van der Waals surface area contributed by atoms with Gasteiger partial charge in [-0.05, 0) is 44.4 Å². The van der Waals surface area contributed by atoms with Crippen molar-refractivity contribution in [3.63, 3.8) is 0 Å². The van der Waals surface area contributed by atoms with Crippen molar-refractivity contribution < 1.29 is 4.74 Å². The summed E-state index contributed by atoms with van der Waals surface area (Å²) in [7, 11) is 0. The Balaban J connectivity index is 2.11. The fourth-order valence-corrected chi connectivity index (χ4v) is 2.53. The standard InChI is InChI=1S/C14H29NO/c1-3-5-11-16-12-10-14(15)8-6-13(4-2)7-9-14/h13H,3-12,15H2,1-2H3. The van der Waals surface area contributed by atoms with E-state index in [1.54, 1.807) is 0 Å². The van der Waals surface area contributed by atoms with E-state index in [0.717, 1.165) is 25.6 Å². The van der Waals surface area contributed by atoms with Crippen LogP contribution in [0, 0.1) is 5.92 Å². The number of ether oxygens (including phenoxy) is 1. The van der Waals surface area contributed by atoms with Crippen molar-refractivity contribution in [1.82, 2.24) is 0 Å². The molecule has 0 atom stereocenters. The Morgan fingerprint density at radius 3 is 2.44 bits per heavy atom. The maximum Gasteiger partial charge on any atom is 0.0483 e. The maximum atomic E-state index is 6.41. The summed E-state index contributed by atoms with van der Waals surface area (Å²) in [5.41, 5.74) is 6.49. The molecule has 0 aromatic rings. The highest BCUT2D eigenvalue weighted by molar-refractivity contribution is 4.89. The summed E-state index contributed by atoms with van der Waals surface area (Å²) < 4.78 is 5.62. The predicted molar refractivity (Wildman–Crippen MR) is 69.5 cm³/mol. The number of rotatable bonds is 7. The van der Waals surface area contributed by atoms with Crippen molar-refractivity contribution in [2.45, 2.75) is 70.8 Å². The van der Waals surface area contributed by atoms with Gasteiger partial charge >= 0.3 is 0 Å². The van der Waals surface area contributed by atoms with Crippen LogP contribution in [0.1, 0.15) is 65.2 Å². The number of hydrogen-bond acceptors (Lipinski definition) is 2. The number of unbranched alkanes of at least 4 members (excludes halogenated alkanes) is 1. The van der Waals surface area contributed by atoms with Crippen LogP contribution in [0.2, 0.25) is 0 Å². The van der Waals surface area contributed by atoms with E-state index < -0.39 is 0 Å². The smallest absolute Gasteiger partial charge is 0.0483 e. The number of nitrogens with two attached hydrogens (primary N) is 1. The summed E-state index contributed by atoms with van der Waals surface area (Å²) in [5, 5.41) is 0. The fraction of sp³-hybridized carbons (Fsp3) is 1.00. The quantitative estimate of drug-likeness (QED) is 0.676.